The summed E-state index contributed by atoms with van der Waals surface area (Å²) in [7, 11) is -2.12. The van der Waals surface area contributed by atoms with Crippen LogP contribution in [-0.4, -0.2) is 33.0 Å². The molecule has 0 aliphatic heterocycles. The maximum absolute atomic E-state index is 12.7. The lowest BCUT2D eigenvalue weighted by Gasteiger charge is -2.37. The zero-order chi connectivity index (χ0) is 22.9. The van der Waals surface area contributed by atoms with E-state index < -0.39 is 26.4 Å². The second-order valence-electron chi connectivity index (χ2n) is 8.92. The lowest BCUT2D eigenvalue weighted by atomic mass is 10.2. The van der Waals surface area contributed by atoms with E-state index in [2.05, 4.69) is 39.2 Å². The van der Waals surface area contributed by atoms with Crippen LogP contribution < -0.4 is 5.32 Å². The van der Waals surface area contributed by atoms with Crippen molar-refractivity contribution in [2.24, 2.45) is 0 Å². The van der Waals surface area contributed by atoms with Gasteiger partial charge in [0.05, 0.1) is 6.61 Å². The second-order valence-corrected chi connectivity index (χ2v) is 13.7. The number of alkyl carbamates (subject to hydrolysis) is 1. The van der Waals surface area contributed by atoms with Crippen LogP contribution in [0.2, 0.25) is 18.1 Å². The van der Waals surface area contributed by atoms with E-state index >= 15 is 0 Å². The molecule has 0 heterocycles. The van der Waals surface area contributed by atoms with Crippen LogP contribution in [0.5, 0.6) is 0 Å². The summed E-state index contributed by atoms with van der Waals surface area (Å²) in [4.78, 5) is 25.1. The molecule has 2 aromatic rings. The van der Waals surface area contributed by atoms with Crippen molar-refractivity contribution in [1.82, 2.24) is 5.32 Å². The first-order chi connectivity index (χ1) is 14.6. The molecule has 7 heteroatoms. The Bertz CT molecular complexity index is 834. The van der Waals surface area contributed by atoms with Gasteiger partial charge in [-0.25, -0.2) is 9.59 Å². The second kappa shape index (κ2) is 11.1. The molecule has 0 radical (unpaired) electrons. The molecule has 0 bridgehead atoms. The molecule has 1 unspecified atom stereocenters. The van der Waals surface area contributed by atoms with Crippen molar-refractivity contribution in [2.75, 3.05) is 6.61 Å². The summed E-state index contributed by atoms with van der Waals surface area (Å²) >= 11 is 0. The van der Waals surface area contributed by atoms with Crippen LogP contribution in [0, 0.1) is 0 Å². The van der Waals surface area contributed by atoms with E-state index in [4.69, 9.17) is 13.9 Å². The predicted octanol–water partition coefficient (Wildman–Crippen LogP) is 5.05. The van der Waals surface area contributed by atoms with Crippen LogP contribution in [0.3, 0.4) is 0 Å². The van der Waals surface area contributed by atoms with Crippen molar-refractivity contribution >= 4 is 20.4 Å². The number of benzene rings is 2. The Morgan fingerprint density at radius 2 is 1.35 bits per heavy atom. The molecule has 2 aromatic carbocycles. The minimum Gasteiger partial charge on any atom is -0.459 e. The molecule has 0 fully saturated rings. The van der Waals surface area contributed by atoms with Crippen molar-refractivity contribution in [3.63, 3.8) is 0 Å². The summed E-state index contributed by atoms with van der Waals surface area (Å²) in [6.45, 7) is 10.8. The zero-order valence-electron chi connectivity index (χ0n) is 19.0. The predicted molar refractivity (Wildman–Crippen MR) is 123 cm³/mol. The summed E-state index contributed by atoms with van der Waals surface area (Å²) in [5.74, 6) is -0.556. The van der Waals surface area contributed by atoms with Gasteiger partial charge in [0.15, 0.2) is 14.4 Å². The van der Waals surface area contributed by atoms with Gasteiger partial charge in [-0.15, -0.1) is 0 Å². The molecule has 0 aliphatic carbocycles. The molecule has 168 valence electrons. The van der Waals surface area contributed by atoms with Gasteiger partial charge >= 0.3 is 12.1 Å². The summed E-state index contributed by atoms with van der Waals surface area (Å²) in [5, 5.41) is 2.58. The molecular formula is C24H33NO5Si. The van der Waals surface area contributed by atoms with Gasteiger partial charge < -0.3 is 19.2 Å². The molecule has 0 saturated heterocycles. The quantitative estimate of drug-likeness (QED) is 0.434. The fourth-order valence-electron chi connectivity index (χ4n) is 2.41. The zero-order valence-corrected chi connectivity index (χ0v) is 20.0. The Balaban J connectivity index is 1.99. The number of hydrogen-bond acceptors (Lipinski definition) is 5. The van der Waals surface area contributed by atoms with Gasteiger partial charge in [-0.3, -0.25) is 0 Å². The normalized spacial score (nSPS) is 12.7. The van der Waals surface area contributed by atoms with Gasteiger partial charge in [0.1, 0.15) is 13.2 Å². The minimum absolute atomic E-state index is 0.0285. The van der Waals surface area contributed by atoms with Gasteiger partial charge in [0.25, 0.3) is 0 Å². The minimum atomic E-state index is -2.12. The average molecular weight is 444 g/mol. The van der Waals surface area contributed by atoms with Gasteiger partial charge in [-0.2, -0.15) is 0 Å². The highest BCUT2D eigenvalue weighted by molar-refractivity contribution is 6.74. The van der Waals surface area contributed by atoms with Crippen LogP contribution in [0.4, 0.5) is 4.79 Å². The van der Waals surface area contributed by atoms with E-state index in [1.807, 2.05) is 60.7 Å². The Hall–Kier alpha value is -2.64. The molecule has 1 atom stereocenters. The van der Waals surface area contributed by atoms with Crippen LogP contribution in [0.25, 0.3) is 0 Å². The highest BCUT2D eigenvalue weighted by Crippen LogP contribution is 2.36. The smallest absolute Gasteiger partial charge is 0.408 e. The molecular weight excluding hydrogens is 410 g/mol. The van der Waals surface area contributed by atoms with Crippen molar-refractivity contribution in [1.29, 1.82) is 0 Å². The SMILES string of the molecule is CC(C)(C)[Si](C)(C)OCC(NC(=O)OCc1ccccc1)C(=O)OCc1ccccc1. The number of esters is 1. The van der Waals surface area contributed by atoms with E-state index in [0.717, 1.165) is 11.1 Å². The number of rotatable bonds is 9. The lowest BCUT2D eigenvalue weighted by Crippen LogP contribution is -2.49. The number of hydrogen-bond donors (Lipinski definition) is 1. The summed E-state index contributed by atoms with van der Waals surface area (Å²) in [5.41, 5.74) is 1.73. The van der Waals surface area contributed by atoms with Crippen molar-refractivity contribution in [3.05, 3.63) is 71.8 Å². The van der Waals surface area contributed by atoms with Gasteiger partial charge in [0, 0.05) is 0 Å². The maximum Gasteiger partial charge on any atom is 0.408 e. The first-order valence-corrected chi connectivity index (χ1v) is 13.3. The monoisotopic (exact) mass is 443 g/mol. The average Bonchev–Trinajstić information content (AvgIpc) is 2.74. The molecule has 0 aromatic heterocycles. The fourth-order valence-corrected chi connectivity index (χ4v) is 3.43. The summed E-state index contributed by atoms with van der Waals surface area (Å²) in [6.07, 6.45) is -0.690. The van der Waals surface area contributed by atoms with Crippen LogP contribution in [0.15, 0.2) is 60.7 Å². The molecule has 2 rings (SSSR count). The van der Waals surface area contributed by atoms with Crippen molar-refractivity contribution in [2.45, 2.75) is 58.2 Å². The number of ether oxygens (including phenoxy) is 2. The number of nitrogens with one attached hydrogen (secondary N) is 1. The van der Waals surface area contributed by atoms with E-state index in [1.165, 1.54) is 0 Å². The maximum atomic E-state index is 12.7. The Kier molecular flexibility index (Phi) is 8.83. The Labute approximate surface area is 186 Å². The largest absolute Gasteiger partial charge is 0.459 e. The van der Waals surface area contributed by atoms with E-state index in [0.29, 0.717) is 0 Å². The van der Waals surface area contributed by atoms with Gasteiger partial charge in [-0.1, -0.05) is 81.4 Å². The van der Waals surface area contributed by atoms with E-state index in [-0.39, 0.29) is 24.9 Å². The number of amides is 1. The van der Waals surface area contributed by atoms with E-state index in [1.54, 1.807) is 0 Å². The highest BCUT2D eigenvalue weighted by atomic mass is 28.4. The summed E-state index contributed by atoms with van der Waals surface area (Å²) < 4.78 is 16.9. The topological polar surface area (TPSA) is 73.9 Å². The third-order valence-electron chi connectivity index (χ3n) is 5.43. The standard InChI is InChI=1S/C24H33NO5Si/c1-24(2,3)31(4,5)30-18-21(22(26)28-16-19-12-8-6-9-13-19)25-23(27)29-17-20-14-10-7-11-15-20/h6-15,21H,16-18H2,1-5H3,(H,25,27). The third-order valence-corrected chi connectivity index (χ3v) is 9.93. The Morgan fingerprint density at radius 3 is 1.84 bits per heavy atom. The first kappa shape index (κ1) is 24.6. The van der Waals surface area contributed by atoms with Crippen molar-refractivity contribution in [3.8, 4) is 0 Å². The van der Waals surface area contributed by atoms with E-state index in [9.17, 15) is 9.59 Å². The van der Waals surface area contributed by atoms with Gasteiger partial charge in [-0.05, 0) is 29.3 Å². The lowest BCUT2D eigenvalue weighted by molar-refractivity contribution is -0.148. The molecule has 1 N–H and O–H groups in total. The van der Waals surface area contributed by atoms with Crippen molar-refractivity contribution < 1.29 is 23.5 Å². The molecule has 31 heavy (non-hydrogen) atoms. The number of carbonyl (C=O) groups excluding carboxylic acids is 2. The molecule has 0 saturated carbocycles. The van der Waals surface area contributed by atoms with Crippen LogP contribution >= 0.6 is 0 Å². The molecule has 0 aliphatic rings. The summed E-state index contributed by atoms with van der Waals surface area (Å²) in [6, 6.07) is 17.8. The Morgan fingerprint density at radius 1 is 0.871 bits per heavy atom. The third kappa shape index (κ3) is 8.19. The molecule has 0 spiro atoms. The van der Waals surface area contributed by atoms with Gasteiger partial charge in [0.2, 0.25) is 0 Å². The van der Waals surface area contributed by atoms with Crippen LogP contribution in [-0.2, 0) is 31.9 Å². The number of carbonyl (C=O) groups is 2. The molecule has 1 amide bonds. The fraction of sp³-hybridized carbons (Fsp3) is 0.417. The first-order valence-electron chi connectivity index (χ1n) is 10.4. The highest BCUT2D eigenvalue weighted by Gasteiger charge is 2.38. The molecule has 6 nitrogen and oxygen atoms in total. The van der Waals surface area contributed by atoms with Crippen LogP contribution in [0.1, 0.15) is 31.9 Å².